The Morgan fingerprint density at radius 2 is 2.47 bits per heavy atom. The summed E-state index contributed by atoms with van der Waals surface area (Å²) < 4.78 is 0. The Hall–Kier alpha value is -1.82. The fourth-order valence-electron chi connectivity index (χ4n) is 1.53. The van der Waals surface area contributed by atoms with E-state index in [1.54, 1.807) is 0 Å². The van der Waals surface area contributed by atoms with Crippen LogP contribution in [-0.2, 0) is 6.42 Å². The second-order valence-corrected chi connectivity index (χ2v) is 4.46. The van der Waals surface area contributed by atoms with E-state index in [4.69, 9.17) is 5.73 Å². The number of nitrogens with zero attached hydrogens (tertiary/aromatic N) is 1. The molecular weight excluding hydrogens is 236 g/mol. The van der Waals surface area contributed by atoms with Crippen LogP contribution in [0, 0.1) is 0 Å². The van der Waals surface area contributed by atoms with Crippen molar-refractivity contribution in [1.82, 2.24) is 10.2 Å². The van der Waals surface area contributed by atoms with Crippen molar-refractivity contribution in [3.63, 3.8) is 0 Å². The van der Waals surface area contributed by atoms with Crippen LogP contribution in [0.25, 0.3) is 0 Å². The van der Waals surface area contributed by atoms with E-state index >= 15 is 0 Å². The van der Waals surface area contributed by atoms with Gasteiger partial charge >= 0.3 is 0 Å². The van der Waals surface area contributed by atoms with Crippen LogP contribution in [0.4, 0.5) is 11.4 Å². The summed E-state index contributed by atoms with van der Waals surface area (Å²) in [6.45, 7) is 2.05. The largest absolute Gasteiger partial charge is 0.395 e. The van der Waals surface area contributed by atoms with Crippen molar-refractivity contribution in [1.29, 1.82) is 0 Å². The first kappa shape index (κ1) is 11.7. The number of hydrogen-bond acceptors (Lipinski definition) is 4. The molecule has 0 saturated heterocycles. The summed E-state index contributed by atoms with van der Waals surface area (Å²) in [6, 6.07) is 1.83. The molecule has 17 heavy (non-hydrogen) atoms. The third-order valence-corrected chi connectivity index (χ3v) is 3.06. The molecule has 0 unspecified atom stereocenters. The molecule has 0 aliphatic carbocycles. The van der Waals surface area contributed by atoms with Gasteiger partial charge in [0, 0.05) is 5.38 Å². The van der Waals surface area contributed by atoms with E-state index in [9.17, 15) is 4.79 Å². The van der Waals surface area contributed by atoms with Crippen LogP contribution in [0.1, 0.15) is 29.5 Å². The highest BCUT2D eigenvalue weighted by Gasteiger charge is 2.16. The molecule has 90 valence electrons. The summed E-state index contributed by atoms with van der Waals surface area (Å²) in [5.74, 6) is -0.278. The lowest BCUT2D eigenvalue weighted by Crippen LogP contribution is -2.13. The minimum atomic E-state index is -0.278. The molecule has 0 aliphatic heterocycles. The number of anilines is 2. The van der Waals surface area contributed by atoms with Crippen LogP contribution in [0.5, 0.6) is 0 Å². The molecule has 0 atom stereocenters. The van der Waals surface area contributed by atoms with E-state index in [1.165, 1.54) is 11.3 Å². The monoisotopic (exact) mass is 250 g/mol. The topological polar surface area (TPSA) is 83.8 Å². The van der Waals surface area contributed by atoms with Crippen molar-refractivity contribution in [3.05, 3.63) is 28.2 Å². The minimum Gasteiger partial charge on any atom is -0.395 e. The zero-order valence-electron chi connectivity index (χ0n) is 9.49. The van der Waals surface area contributed by atoms with Gasteiger partial charge in [-0.15, -0.1) is 0 Å². The molecular formula is C11H14N4OS. The van der Waals surface area contributed by atoms with E-state index in [2.05, 4.69) is 15.5 Å². The van der Waals surface area contributed by atoms with Crippen molar-refractivity contribution in [3.8, 4) is 0 Å². The lowest BCUT2D eigenvalue weighted by molar-refractivity contribution is 0.102. The Labute approximate surface area is 103 Å². The van der Waals surface area contributed by atoms with E-state index in [0.717, 1.165) is 24.2 Å². The first-order valence-corrected chi connectivity index (χ1v) is 6.33. The highest BCUT2D eigenvalue weighted by Crippen LogP contribution is 2.18. The van der Waals surface area contributed by atoms with Gasteiger partial charge in [-0.1, -0.05) is 13.3 Å². The molecule has 0 radical (unpaired) electrons. The number of carbonyl (C=O) groups is 1. The summed E-state index contributed by atoms with van der Waals surface area (Å²) >= 11 is 1.52. The maximum Gasteiger partial charge on any atom is 0.278 e. The summed E-state index contributed by atoms with van der Waals surface area (Å²) in [7, 11) is 0. The van der Waals surface area contributed by atoms with Gasteiger partial charge < -0.3 is 11.1 Å². The number of nitrogens with two attached hydrogens (primary N) is 1. The Morgan fingerprint density at radius 1 is 1.65 bits per heavy atom. The fraction of sp³-hybridized carbons (Fsp3) is 0.273. The molecule has 0 spiro atoms. The third kappa shape index (κ3) is 2.47. The van der Waals surface area contributed by atoms with Gasteiger partial charge in [0.25, 0.3) is 5.91 Å². The Balaban J connectivity index is 2.14. The first-order valence-electron chi connectivity index (χ1n) is 5.38. The average molecular weight is 250 g/mol. The molecule has 6 heteroatoms. The molecule has 2 heterocycles. The van der Waals surface area contributed by atoms with Gasteiger partial charge in [0.15, 0.2) is 5.69 Å². The SMILES string of the molecule is CCCc1[nH]nc(C(=O)Nc2ccsc2)c1N. The van der Waals surface area contributed by atoms with Crippen molar-refractivity contribution < 1.29 is 4.79 Å². The normalized spacial score (nSPS) is 10.4. The zero-order valence-corrected chi connectivity index (χ0v) is 10.3. The fourth-order valence-corrected chi connectivity index (χ4v) is 2.11. The molecule has 0 aliphatic rings. The summed E-state index contributed by atoms with van der Waals surface area (Å²) in [4.78, 5) is 11.9. The van der Waals surface area contributed by atoms with Gasteiger partial charge in [-0.05, 0) is 17.9 Å². The van der Waals surface area contributed by atoms with E-state index in [1.807, 2.05) is 23.8 Å². The van der Waals surface area contributed by atoms with E-state index < -0.39 is 0 Å². The van der Waals surface area contributed by atoms with Gasteiger partial charge in [-0.25, -0.2) is 0 Å². The quantitative estimate of drug-likeness (QED) is 0.778. The standard InChI is InChI=1S/C11H14N4OS/c1-2-3-8-9(12)10(15-14-8)11(16)13-7-4-5-17-6-7/h4-6H,2-3,12H2,1H3,(H,13,16)(H,14,15). The van der Waals surface area contributed by atoms with E-state index in [-0.39, 0.29) is 11.6 Å². The Morgan fingerprint density at radius 3 is 3.12 bits per heavy atom. The van der Waals surface area contributed by atoms with Crippen LogP contribution < -0.4 is 11.1 Å². The Kier molecular flexibility index (Phi) is 3.43. The van der Waals surface area contributed by atoms with Crippen molar-refractivity contribution >= 4 is 28.6 Å². The van der Waals surface area contributed by atoms with Crippen LogP contribution in [-0.4, -0.2) is 16.1 Å². The van der Waals surface area contributed by atoms with Crippen molar-refractivity contribution in [2.24, 2.45) is 0 Å². The second-order valence-electron chi connectivity index (χ2n) is 3.68. The minimum absolute atomic E-state index is 0.264. The highest BCUT2D eigenvalue weighted by atomic mass is 32.1. The molecule has 2 rings (SSSR count). The Bertz CT molecular complexity index is 504. The van der Waals surface area contributed by atoms with Gasteiger partial charge in [0.1, 0.15) is 0 Å². The molecule has 0 saturated carbocycles. The van der Waals surface area contributed by atoms with Gasteiger partial charge in [-0.2, -0.15) is 16.4 Å². The number of aromatic nitrogens is 2. The predicted octanol–water partition coefficient (Wildman–Crippen LogP) is 2.26. The second kappa shape index (κ2) is 5.01. The lowest BCUT2D eigenvalue weighted by Gasteiger charge is -2.00. The molecule has 2 aromatic heterocycles. The van der Waals surface area contributed by atoms with Gasteiger partial charge in [0.2, 0.25) is 0 Å². The summed E-state index contributed by atoms with van der Waals surface area (Å²) in [5.41, 5.74) is 8.16. The smallest absolute Gasteiger partial charge is 0.278 e. The van der Waals surface area contributed by atoms with Crippen molar-refractivity contribution in [2.45, 2.75) is 19.8 Å². The van der Waals surface area contributed by atoms with E-state index in [0.29, 0.717) is 5.69 Å². The van der Waals surface area contributed by atoms with Crippen molar-refractivity contribution in [2.75, 3.05) is 11.1 Å². The van der Waals surface area contributed by atoms with Gasteiger partial charge in [0.05, 0.1) is 17.1 Å². The van der Waals surface area contributed by atoms with Crippen LogP contribution in [0.15, 0.2) is 16.8 Å². The number of hydrogen-bond donors (Lipinski definition) is 3. The molecule has 0 bridgehead atoms. The molecule has 0 aromatic carbocycles. The number of nitrogen functional groups attached to an aromatic ring is 1. The maximum absolute atomic E-state index is 11.9. The number of H-pyrrole nitrogens is 1. The molecule has 2 aromatic rings. The number of amides is 1. The lowest BCUT2D eigenvalue weighted by atomic mass is 10.2. The van der Waals surface area contributed by atoms with Crippen LogP contribution >= 0.6 is 11.3 Å². The number of rotatable bonds is 4. The number of aromatic amines is 1. The predicted molar refractivity (Wildman–Crippen MR) is 69.3 cm³/mol. The zero-order chi connectivity index (χ0) is 12.3. The first-order chi connectivity index (χ1) is 8.22. The molecule has 4 N–H and O–H groups in total. The molecule has 0 fully saturated rings. The van der Waals surface area contributed by atoms with Crippen LogP contribution in [0.3, 0.4) is 0 Å². The highest BCUT2D eigenvalue weighted by molar-refractivity contribution is 7.08. The number of aryl methyl sites for hydroxylation is 1. The average Bonchev–Trinajstić information content (AvgIpc) is 2.91. The number of thiophene rings is 1. The summed E-state index contributed by atoms with van der Waals surface area (Å²) in [5, 5.41) is 13.3. The number of nitrogens with one attached hydrogen (secondary N) is 2. The molecule has 1 amide bonds. The maximum atomic E-state index is 11.9. The number of carbonyl (C=O) groups excluding carboxylic acids is 1. The van der Waals surface area contributed by atoms with Crippen LogP contribution in [0.2, 0.25) is 0 Å². The summed E-state index contributed by atoms with van der Waals surface area (Å²) in [6.07, 6.45) is 1.75. The van der Waals surface area contributed by atoms with Gasteiger partial charge in [-0.3, -0.25) is 9.89 Å². The molecule has 5 nitrogen and oxygen atoms in total. The third-order valence-electron chi connectivity index (χ3n) is 2.38.